The summed E-state index contributed by atoms with van der Waals surface area (Å²) in [5.41, 5.74) is 22.5. The van der Waals surface area contributed by atoms with Gasteiger partial charge in [0.05, 0.1) is 53.9 Å². The van der Waals surface area contributed by atoms with Gasteiger partial charge in [-0.2, -0.15) is 19.6 Å². The Bertz CT molecular complexity index is 7860. The van der Waals surface area contributed by atoms with Crippen LogP contribution in [0.15, 0.2) is 350 Å². The molecule has 0 spiro atoms. The molecule has 0 aliphatic carbocycles. The number of fused-ring (bicyclic) bond motifs is 2. The molecular formula is C103H87BrN14O19. The standard InChI is InChI=1S/C30H24N4O8.C25H22N4O3.C16H14N2O2.C15H12N2O2.C8H9Br.C8H6N2O2.CO2/c1-3-38-28-31-23-10-6-9-22(27(35)39-16-24-17(2)40-30(37)41-24)25(23)34(28)15-18-11-13-19(14-12-18)20-7-4-5-8-21(20)26-32-29(36)42-33-26;1-3-31-24-26-21-10-6-7-16(2)22(21)29(24)15-17-11-13-18(14-12-17)19-8-4-5-9-20(19)23-27-25(30)32-28-23;1-2-11-7-9-12(10-8-11)13-5-3-4-6-14(13)15-17-16(19)20-18-15;1-10-6-8-11(9-7-10)12-4-2-3-5-13(12)14-16-15(18)19-17-14;1-2-7-3-5-8(9)6-4-7;11-8-9-7(10-12-8)6-4-2-1-3-5-6;2-1-3/h4-14H,3,15-16H2,1-2H3,(H,32,33,36);4-14H,3,15H2,1-2H3,(H,27,28,30);3-10H,2H2,1H3,(H,17,18,19);2-9H,1H3,(H,16,17,18);3-6H,2H2,1H3;1-5H,(H,9,10,11);. The number of halogens is 1. The van der Waals surface area contributed by atoms with Crippen LogP contribution in [0.5, 0.6) is 12.0 Å². The first-order chi connectivity index (χ1) is 66.7. The maximum atomic E-state index is 13.2. The summed E-state index contributed by atoms with van der Waals surface area (Å²) in [5.74, 6) is -1.81. The topological polar surface area (TPSA) is 452 Å². The SMILES string of the molecule is CCOc1nc2cccc(C(=O)OCc3oc(=O)oc3C)c2n1Cc1ccc(-c2ccccc2-c2noc(=O)[nH]2)cc1.CCOc1nc2cccc(C)c2n1Cc1ccc(-c2ccccc2-c2noc(=O)[nH]2)cc1.CCc1ccc(-c2ccccc2-c2noc(=O)[nH]2)cc1.CCc1ccc(Br)cc1.Cc1ccc(-c2ccccc2-c2noc(=O)[nH]2)cc1.O=C=O.O=c1[nH]c(-c2ccccc2)no1. The van der Waals surface area contributed by atoms with Crippen LogP contribution >= 0.6 is 15.9 Å². The molecule has 0 bridgehead atoms. The average Bonchev–Trinajstić information content (AvgIpc) is 1.62. The van der Waals surface area contributed by atoms with Gasteiger partial charge >= 0.3 is 46.7 Å². The Hall–Kier alpha value is -17.8. The summed E-state index contributed by atoms with van der Waals surface area (Å²) in [6.45, 7) is 15.5. The first-order valence-electron chi connectivity index (χ1n) is 43.0. The summed E-state index contributed by atoms with van der Waals surface area (Å²) in [7, 11) is 0. The number of nitrogens with zero attached hydrogens (tertiary/aromatic N) is 9. The van der Waals surface area contributed by atoms with Crippen molar-refractivity contribution in [2.24, 2.45) is 0 Å². The zero-order chi connectivity index (χ0) is 96.3. The minimum Gasteiger partial charge on any atom is -0.465 e. The predicted octanol–water partition coefficient (Wildman–Crippen LogP) is 19.2. The number of aromatic amines is 5. The fourth-order valence-electron chi connectivity index (χ4n) is 14.6. The predicted molar refractivity (Wildman–Crippen MR) is 513 cm³/mol. The van der Waals surface area contributed by atoms with Gasteiger partial charge in [-0.05, 0) is 150 Å². The van der Waals surface area contributed by atoms with Gasteiger partial charge in [-0.1, -0.05) is 316 Å². The number of aryl methyl sites for hydroxylation is 5. The molecule has 0 radical (unpaired) electrons. The summed E-state index contributed by atoms with van der Waals surface area (Å²) < 4.78 is 54.9. The minimum absolute atomic E-state index is 0.139. The monoisotopic (exact) mass is 1900 g/mol. The van der Waals surface area contributed by atoms with Crippen LogP contribution in [0.25, 0.3) is 124 Å². The molecule has 8 heterocycles. The summed E-state index contributed by atoms with van der Waals surface area (Å²) in [6.07, 6.45) is 2.38. The molecule has 0 aliphatic heterocycles. The molecule has 20 rings (SSSR count). The normalized spacial score (nSPS) is 10.6. The zero-order valence-corrected chi connectivity index (χ0v) is 76.3. The zero-order valence-electron chi connectivity index (χ0n) is 74.7. The van der Waals surface area contributed by atoms with Gasteiger partial charge in [0.2, 0.25) is 0 Å². The van der Waals surface area contributed by atoms with Crippen LogP contribution in [0.4, 0.5) is 0 Å². The largest absolute Gasteiger partial charge is 0.519 e. The van der Waals surface area contributed by atoms with Gasteiger partial charge in [-0.25, -0.2) is 33.6 Å². The van der Waals surface area contributed by atoms with Crippen molar-refractivity contribution in [3.05, 3.63) is 403 Å². The van der Waals surface area contributed by atoms with Gasteiger partial charge in [0, 0.05) is 32.3 Å². The van der Waals surface area contributed by atoms with Crippen LogP contribution < -0.4 is 44.1 Å². The maximum Gasteiger partial charge on any atom is 0.519 e. The number of esters is 1. The third-order valence-corrected chi connectivity index (χ3v) is 21.7. The smallest absolute Gasteiger partial charge is 0.465 e. The highest BCUT2D eigenvalue weighted by molar-refractivity contribution is 9.10. The number of ether oxygens (including phenoxy) is 3. The van der Waals surface area contributed by atoms with Crippen LogP contribution in [0, 0.1) is 20.8 Å². The highest BCUT2D eigenvalue weighted by Crippen LogP contribution is 2.37. The number of hydrogen-bond acceptors (Lipinski definition) is 26. The molecule has 0 amide bonds. The number of imidazole rings is 2. The van der Waals surface area contributed by atoms with Crippen LogP contribution in [-0.2, 0) is 46.9 Å². The second kappa shape index (κ2) is 45.9. The molecule has 0 aliphatic rings. The van der Waals surface area contributed by atoms with E-state index in [1.807, 2.05) is 201 Å². The van der Waals surface area contributed by atoms with E-state index in [4.69, 9.17) is 32.6 Å². The van der Waals surface area contributed by atoms with Crippen LogP contribution in [0.2, 0.25) is 0 Å². The van der Waals surface area contributed by atoms with Gasteiger partial charge in [-0.3, -0.25) is 56.7 Å². The lowest BCUT2D eigenvalue weighted by Gasteiger charge is -2.12. The molecule has 34 heteroatoms. The van der Waals surface area contributed by atoms with E-state index >= 15 is 0 Å². The van der Waals surface area contributed by atoms with Gasteiger partial charge in [-0.15, -0.1) is 0 Å². The Labute approximate surface area is 786 Å². The summed E-state index contributed by atoms with van der Waals surface area (Å²) in [5, 5.41) is 18.7. The van der Waals surface area contributed by atoms with E-state index in [1.54, 1.807) is 25.1 Å². The summed E-state index contributed by atoms with van der Waals surface area (Å²) in [6, 6.07) is 93.5. The van der Waals surface area contributed by atoms with E-state index in [9.17, 15) is 33.6 Å². The Kier molecular flexibility index (Phi) is 31.9. The second-order valence-electron chi connectivity index (χ2n) is 30.1. The molecule has 0 unspecified atom stereocenters. The molecule has 33 nitrogen and oxygen atoms in total. The summed E-state index contributed by atoms with van der Waals surface area (Å²) >= 11 is 3.37. The number of para-hydroxylation sites is 2. The van der Waals surface area contributed by atoms with Crippen LogP contribution in [0.3, 0.4) is 0 Å². The van der Waals surface area contributed by atoms with Crippen molar-refractivity contribution in [2.75, 3.05) is 13.2 Å². The minimum atomic E-state index is -0.859. The van der Waals surface area contributed by atoms with Gasteiger partial charge in [0.25, 0.3) is 12.0 Å². The molecule has 137 heavy (non-hydrogen) atoms. The van der Waals surface area contributed by atoms with E-state index < -0.39 is 40.6 Å². The maximum absolute atomic E-state index is 13.2. The van der Waals surface area contributed by atoms with Crippen molar-refractivity contribution in [2.45, 2.75) is 81.0 Å². The molecule has 8 aromatic heterocycles. The molecular weight excluding hydrogens is 1820 g/mol. The molecule has 12 aromatic carbocycles. The third kappa shape index (κ3) is 24.3. The van der Waals surface area contributed by atoms with Crippen molar-refractivity contribution >= 4 is 50.1 Å². The Morgan fingerprint density at radius 2 is 0.701 bits per heavy atom. The number of hydrogen-bond donors (Lipinski definition) is 5. The Balaban J connectivity index is 0.000000139. The molecule has 20 aromatic rings. The molecule has 5 N–H and O–H groups in total. The van der Waals surface area contributed by atoms with Crippen LogP contribution in [0.1, 0.15) is 83.0 Å². The van der Waals surface area contributed by atoms with E-state index in [0.717, 1.165) is 117 Å². The molecule has 0 fully saturated rings. The number of H-pyrrole nitrogens is 5. The molecule has 0 saturated heterocycles. The van der Waals surface area contributed by atoms with Crippen molar-refractivity contribution in [1.29, 1.82) is 0 Å². The Morgan fingerprint density at radius 3 is 1.06 bits per heavy atom. The lowest BCUT2D eigenvalue weighted by molar-refractivity contribution is -0.191. The third-order valence-electron chi connectivity index (χ3n) is 21.1. The molecule has 0 saturated carbocycles. The highest BCUT2D eigenvalue weighted by Gasteiger charge is 2.24. The molecule has 690 valence electrons. The van der Waals surface area contributed by atoms with E-state index in [-0.39, 0.29) is 29.8 Å². The number of nitrogens with one attached hydrogen (secondary N) is 5. The second-order valence-corrected chi connectivity index (χ2v) is 31.0. The lowest BCUT2D eigenvalue weighted by atomic mass is 9.98. The Morgan fingerprint density at radius 1 is 0.365 bits per heavy atom. The van der Waals surface area contributed by atoms with Crippen molar-refractivity contribution in [1.82, 2.24) is 69.8 Å². The fraction of sp³-hybridized carbons (Fsp3) is 0.136. The number of rotatable bonds is 22. The number of carbonyl (C=O) groups is 1. The highest BCUT2D eigenvalue weighted by atomic mass is 79.9. The quantitative estimate of drug-likeness (QED) is 0.0393. The van der Waals surface area contributed by atoms with Gasteiger partial charge in [0.15, 0.2) is 47.2 Å². The van der Waals surface area contributed by atoms with Crippen molar-refractivity contribution in [3.8, 4) is 113 Å². The van der Waals surface area contributed by atoms with E-state index in [0.29, 0.717) is 78.5 Å². The van der Waals surface area contributed by atoms with Crippen LogP contribution in [-0.4, -0.2) is 95.1 Å². The molecule has 0 atom stereocenters. The lowest BCUT2D eigenvalue weighted by Crippen LogP contribution is -2.10. The van der Waals surface area contributed by atoms with Gasteiger partial charge in [0.1, 0.15) is 0 Å². The first-order valence-corrected chi connectivity index (χ1v) is 43.7. The first kappa shape index (κ1) is 95.3. The summed E-state index contributed by atoms with van der Waals surface area (Å²) in [4.78, 5) is 119. The van der Waals surface area contributed by atoms with Crippen molar-refractivity contribution in [3.63, 3.8) is 0 Å². The van der Waals surface area contributed by atoms with E-state index in [1.165, 1.54) is 16.7 Å². The van der Waals surface area contributed by atoms with E-state index in [2.05, 4.69) is 216 Å². The van der Waals surface area contributed by atoms with Gasteiger partial charge < -0.3 is 23.0 Å². The number of carbonyl (C=O) groups excluding carboxylic acids is 3. The fourth-order valence-corrected chi connectivity index (χ4v) is 14.8. The average molecular weight is 1900 g/mol. The number of benzene rings is 12. The number of aromatic nitrogens is 14. The van der Waals surface area contributed by atoms with Crippen molar-refractivity contribution < 1.29 is 60.0 Å².